The molecule has 0 unspecified atom stereocenters. The van der Waals surface area contributed by atoms with E-state index in [4.69, 9.17) is 18.9 Å². The summed E-state index contributed by atoms with van der Waals surface area (Å²) < 4.78 is 29.3. The molecule has 0 spiro atoms. The molecule has 10 nitrogen and oxygen atoms in total. The van der Waals surface area contributed by atoms with E-state index in [1.807, 2.05) is 13.8 Å². The molecule has 0 bridgehead atoms. The number of hydrogen-bond donors (Lipinski definition) is 0. The maximum atomic E-state index is 11.4. The van der Waals surface area contributed by atoms with Gasteiger partial charge in [0.05, 0.1) is 13.2 Å². The second kappa shape index (κ2) is 19.8. The molecule has 0 radical (unpaired) electrons. The van der Waals surface area contributed by atoms with E-state index < -0.39 is 37.1 Å². The Hall–Kier alpha value is -2.46. The van der Waals surface area contributed by atoms with Gasteiger partial charge in [0.1, 0.15) is 13.2 Å². The van der Waals surface area contributed by atoms with E-state index >= 15 is 0 Å². The lowest BCUT2D eigenvalue weighted by molar-refractivity contribution is -0.157. The maximum Gasteiger partial charge on any atom is 0.344 e. The summed E-state index contributed by atoms with van der Waals surface area (Å²) in [5.41, 5.74) is 0. The molecule has 0 heterocycles. The summed E-state index contributed by atoms with van der Waals surface area (Å²) in [5.74, 6) is -3.34. The van der Waals surface area contributed by atoms with Gasteiger partial charge in [-0.15, -0.1) is 0 Å². The fourth-order valence-corrected chi connectivity index (χ4v) is 1.70. The highest BCUT2D eigenvalue weighted by Crippen LogP contribution is 1.92. The number of carbonyl (C=O) groups excluding carboxylic acids is 4. The van der Waals surface area contributed by atoms with Gasteiger partial charge >= 0.3 is 23.9 Å². The standard InChI is InChI=1S/C20H32O10/c1-3-5-9-25-11-13-27-19(23)15-29-17(21)7-8-18(22)30-16-20(24)28-14-12-26-10-6-4-2/h7-8H,3-6,9-16H2,1-2H3/b8-7+. The molecule has 0 rings (SSSR count). The van der Waals surface area contributed by atoms with Crippen LogP contribution in [0.3, 0.4) is 0 Å². The van der Waals surface area contributed by atoms with E-state index in [2.05, 4.69) is 9.47 Å². The van der Waals surface area contributed by atoms with Crippen LogP contribution in [0.4, 0.5) is 0 Å². The van der Waals surface area contributed by atoms with E-state index in [0.29, 0.717) is 13.2 Å². The molecule has 0 atom stereocenters. The first-order valence-corrected chi connectivity index (χ1v) is 9.97. The molecule has 0 amide bonds. The Morgan fingerprint density at radius 2 is 0.967 bits per heavy atom. The summed E-state index contributed by atoms with van der Waals surface area (Å²) in [4.78, 5) is 45.6. The summed E-state index contributed by atoms with van der Waals surface area (Å²) in [6, 6.07) is 0. The van der Waals surface area contributed by atoms with Crippen LogP contribution in [0.15, 0.2) is 12.2 Å². The highest BCUT2D eigenvalue weighted by atomic mass is 16.6. The van der Waals surface area contributed by atoms with Gasteiger partial charge in [0.15, 0.2) is 13.2 Å². The Morgan fingerprint density at radius 1 is 0.567 bits per heavy atom. The molecule has 0 N–H and O–H groups in total. The normalized spacial score (nSPS) is 10.6. The molecule has 0 fully saturated rings. The van der Waals surface area contributed by atoms with Crippen molar-refractivity contribution in [2.45, 2.75) is 39.5 Å². The fourth-order valence-electron chi connectivity index (χ4n) is 1.70. The number of esters is 4. The first-order valence-electron chi connectivity index (χ1n) is 9.97. The van der Waals surface area contributed by atoms with Crippen LogP contribution in [0.25, 0.3) is 0 Å². The van der Waals surface area contributed by atoms with Crippen molar-refractivity contribution < 1.29 is 47.6 Å². The van der Waals surface area contributed by atoms with Crippen molar-refractivity contribution in [1.82, 2.24) is 0 Å². The fraction of sp³-hybridized carbons (Fsp3) is 0.700. The summed E-state index contributed by atoms with van der Waals surface area (Å²) in [5, 5.41) is 0. The first-order chi connectivity index (χ1) is 14.5. The smallest absolute Gasteiger partial charge is 0.344 e. The maximum absolute atomic E-state index is 11.4. The van der Waals surface area contributed by atoms with Crippen molar-refractivity contribution in [3.05, 3.63) is 12.2 Å². The molecule has 0 aliphatic carbocycles. The average molecular weight is 432 g/mol. The molecule has 0 aromatic rings. The van der Waals surface area contributed by atoms with Gasteiger partial charge < -0.3 is 28.4 Å². The van der Waals surface area contributed by atoms with Gasteiger partial charge in [-0.2, -0.15) is 0 Å². The van der Waals surface area contributed by atoms with Gasteiger partial charge in [0.2, 0.25) is 0 Å². The Balaban J connectivity index is 3.75. The molecule has 0 aliphatic heterocycles. The zero-order chi connectivity index (χ0) is 22.5. The largest absolute Gasteiger partial charge is 0.461 e. The Bertz CT molecular complexity index is 484. The third kappa shape index (κ3) is 18.9. The molecule has 0 aromatic carbocycles. The van der Waals surface area contributed by atoms with Crippen LogP contribution >= 0.6 is 0 Å². The van der Waals surface area contributed by atoms with E-state index in [1.54, 1.807) is 0 Å². The molecule has 0 aromatic heterocycles. The van der Waals surface area contributed by atoms with Gasteiger partial charge in [0, 0.05) is 25.4 Å². The minimum atomic E-state index is -0.935. The summed E-state index contributed by atoms with van der Waals surface area (Å²) in [6.07, 6.45) is 5.42. The van der Waals surface area contributed by atoms with Crippen molar-refractivity contribution >= 4 is 23.9 Å². The van der Waals surface area contributed by atoms with Gasteiger partial charge in [-0.1, -0.05) is 26.7 Å². The number of rotatable bonds is 18. The number of carbonyl (C=O) groups is 4. The molecule has 0 saturated carbocycles. The van der Waals surface area contributed by atoms with Crippen molar-refractivity contribution in [2.75, 3.05) is 52.9 Å². The lowest BCUT2D eigenvalue weighted by Gasteiger charge is -2.06. The summed E-state index contributed by atoms with van der Waals surface area (Å²) in [7, 11) is 0. The van der Waals surface area contributed by atoms with Crippen LogP contribution in [0.1, 0.15) is 39.5 Å². The summed E-state index contributed by atoms with van der Waals surface area (Å²) >= 11 is 0. The van der Waals surface area contributed by atoms with Crippen LogP contribution in [-0.4, -0.2) is 76.7 Å². The van der Waals surface area contributed by atoms with Crippen LogP contribution < -0.4 is 0 Å². The monoisotopic (exact) mass is 432 g/mol. The van der Waals surface area contributed by atoms with E-state index in [-0.39, 0.29) is 26.4 Å². The molecule has 0 saturated heterocycles. The zero-order valence-corrected chi connectivity index (χ0v) is 17.7. The minimum absolute atomic E-state index is 0.0588. The zero-order valence-electron chi connectivity index (χ0n) is 17.7. The number of unbranched alkanes of at least 4 members (excludes halogenated alkanes) is 2. The van der Waals surface area contributed by atoms with E-state index in [1.165, 1.54) is 0 Å². The third-order valence-corrected chi connectivity index (χ3v) is 3.29. The van der Waals surface area contributed by atoms with Crippen LogP contribution in [0, 0.1) is 0 Å². The number of ether oxygens (including phenoxy) is 6. The third-order valence-electron chi connectivity index (χ3n) is 3.29. The Kier molecular flexibility index (Phi) is 18.2. The molecule has 30 heavy (non-hydrogen) atoms. The number of hydrogen-bond acceptors (Lipinski definition) is 10. The van der Waals surface area contributed by atoms with Gasteiger partial charge in [-0.05, 0) is 12.8 Å². The predicted octanol–water partition coefficient (Wildman–Crippen LogP) is 1.35. The van der Waals surface area contributed by atoms with Gasteiger partial charge in [-0.25, -0.2) is 19.2 Å². The van der Waals surface area contributed by atoms with Crippen LogP contribution in [0.2, 0.25) is 0 Å². The highest BCUT2D eigenvalue weighted by molar-refractivity contribution is 5.93. The second-order valence-electron chi connectivity index (χ2n) is 5.92. The quantitative estimate of drug-likeness (QED) is 0.136. The lowest BCUT2D eigenvalue weighted by atomic mass is 10.4. The van der Waals surface area contributed by atoms with E-state index in [9.17, 15) is 19.2 Å². The van der Waals surface area contributed by atoms with Gasteiger partial charge in [0.25, 0.3) is 0 Å². The van der Waals surface area contributed by atoms with E-state index in [0.717, 1.165) is 37.8 Å². The molecule has 0 aliphatic rings. The SMILES string of the molecule is CCCCOCCOC(=O)COC(=O)/C=C/C(=O)OCC(=O)OCCOCCCC. The van der Waals surface area contributed by atoms with Crippen LogP contribution in [0.5, 0.6) is 0 Å². The topological polar surface area (TPSA) is 124 Å². The molecule has 10 heteroatoms. The first kappa shape index (κ1) is 27.5. The van der Waals surface area contributed by atoms with Gasteiger partial charge in [-0.3, -0.25) is 0 Å². The minimum Gasteiger partial charge on any atom is -0.461 e. The Labute approximate surface area is 176 Å². The lowest BCUT2D eigenvalue weighted by Crippen LogP contribution is -2.19. The molecular weight excluding hydrogens is 400 g/mol. The average Bonchev–Trinajstić information content (AvgIpc) is 2.74. The van der Waals surface area contributed by atoms with Crippen molar-refractivity contribution in [3.8, 4) is 0 Å². The van der Waals surface area contributed by atoms with Crippen LogP contribution in [-0.2, 0) is 47.6 Å². The Morgan fingerprint density at radius 3 is 1.33 bits per heavy atom. The highest BCUT2D eigenvalue weighted by Gasteiger charge is 2.09. The molecular formula is C20H32O10. The van der Waals surface area contributed by atoms with Crippen molar-refractivity contribution in [3.63, 3.8) is 0 Å². The van der Waals surface area contributed by atoms with Crippen molar-refractivity contribution in [2.24, 2.45) is 0 Å². The summed E-state index contributed by atoms with van der Waals surface area (Å²) in [6.45, 7) is 4.70. The van der Waals surface area contributed by atoms with Crippen molar-refractivity contribution in [1.29, 1.82) is 0 Å². The molecule has 172 valence electrons. The second-order valence-corrected chi connectivity index (χ2v) is 5.92. The predicted molar refractivity (Wildman–Crippen MR) is 104 cm³/mol.